The van der Waals surface area contributed by atoms with E-state index in [2.05, 4.69) is 10.0 Å². The highest BCUT2D eigenvalue weighted by Gasteiger charge is 2.05. The Kier molecular flexibility index (Phi) is 4.69. The second-order valence-corrected chi connectivity index (χ2v) is 2.75. The van der Waals surface area contributed by atoms with Gasteiger partial charge < -0.3 is 9.47 Å². The van der Waals surface area contributed by atoms with Gasteiger partial charge in [-0.3, -0.25) is 0 Å². The number of rotatable bonds is 5. The molecule has 0 saturated carbocycles. The SMILES string of the molecule is CCOC(=O)COc1ccccc1N=[N+]=[N-]. The van der Waals surface area contributed by atoms with Gasteiger partial charge in [-0.25, -0.2) is 4.79 Å². The third-order valence-electron chi connectivity index (χ3n) is 1.67. The summed E-state index contributed by atoms with van der Waals surface area (Å²) in [4.78, 5) is 13.7. The lowest BCUT2D eigenvalue weighted by atomic mass is 10.3. The zero-order valence-electron chi connectivity index (χ0n) is 8.79. The van der Waals surface area contributed by atoms with Crippen LogP contribution in [0, 0.1) is 0 Å². The highest BCUT2D eigenvalue weighted by molar-refractivity contribution is 5.71. The van der Waals surface area contributed by atoms with Crippen LogP contribution in [0.15, 0.2) is 29.4 Å². The largest absolute Gasteiger partial charge is 0.481 e. The van der Waals surface area contributed by atoms with Crippen molar-refractivity contribution in [2.75, 3.05) is 13.2 Å². The maximum Gasteiger partial charge on any atom is 0.344 e. The summed E-state index contributed by atoms with van der Waals surface area (Å²) in [6, 6.07) is 6.64. The number of nitrogens with zero attached hydrogens (tertiary/aromatic N) is 3. The lowest BCUT2D eigenvalue weighted by Crippen LogP contribution is -2.14. The zero-order valence-corrected chi connectivity index (χ0v) is 8.79. The van der Waals surface area contributed by atoms with Gasteiger partial charge in [0.1, 0.15) is 5.75 Å². The topological polar surface area (TPSA) is 84.3 Å². The number of esters is 1. The average Bonchev–Trinajstić information content (AvgIpc) is 2.29. The van der Waals surface area contributed by atoms with Crippen molar-refractivity contribution < 1.29 is 14.3 Å². The number of azide groups is 1. The number of carbonyl (C=O) groups excluding carboxylic acids is 1. The van der Waals surface area contributed by atoms with Crippen molar-refractivity contribution in [3.8, 4) is 5.75 Å². The van der Waals surface area contributed by atoms with Crippen LogP contribution >= 0.6 is 0 Å². The number of hydrogen-bond donors (Lipinski definition) is 0. The van der Waals surface area contributed by atoms with Crippen LogP contribution in [-0.4, -0.2) is 19.2 Å². The molecule has 1 aromatic carbocycles. The second-order valence-electron chi connectivity index (χ2n) is 2.75. The summed E-state index contributed by atoms with van der Waals surface area (Å²) in [5.74, 6) is -0.105. The van der Waals surface area contributed by atoms with Crippen LogP contribution in [0.5, 0.6) is 5.75 Å². The molecule has 0 amide bonds. The van der Waals surface area contributed by atoms with Gasteiger partial charge in [-0.15, -0.1) is 0 Å². The minimum absolute atomic E-state index is 0.203. The van der Waals surface area contributed by atoms with E-state index in [1.165, 1.54) is 0 Å². The van der Waals surface area contributed by atoms with Crippen LogP contribution in [0.3, 0.4) is 0 Å². The third kappa shape index (κ3) is 3.51. The van der Waals surface area contributed by atoms with Gasteiger partial charge in [-0.1, -0.05) is 17.2 Å². The summed E-state index contributed by atoms with van der Waals surface area (Å²) in [6.45, 7) is 1.82. The van der Waals surface area contributed by atoms with Crippen LogP contribution in [0.4, 0.5) is 5.69 Å². The van der Waals surface area contributed by atoms with E-state index in [1.54, 1.807) is 31.2 Å². The predicted octanol–water partition coefficient (Wildman–Crippen LogP) is 2.57. The molecule has 0 radical (unpaired) electrons. The molecular weight excluding hydrogens is 210 g/mol. The van der Waals surface area contributed by atoms with Gasteiger partial charge in [0.15, 0.2) is 6.61 Å². The van der Waals surface area contributed by atoms with Crippen molar-refractivity contribution in [3.05, 3.63) is 34.7 Å². The fourth-order valence-electron chi connectivity index (χ4n) is 1.05. The van der Waals surface area contributed by atoms with Gasteiger partial charge in [0, 0.05) is 4.91 Å². The van der Waals surface area contributed by atoms with Crippen LogP contribution < -0.4 is 4.74 Å². The van der Waals surface area contributed by atoms with E-state index < -0.39 is 5.97 Å². The van der Waals surface area contributed by atoms with Crippen LogP contribution in [0.1, 0.15) is 6.92 Å². The van der Waals surface area contributed by atoms with E-state index in [4.69, 9.17) is 15.0 Å². The second kappa shape index (κ2) is 6.31. The average molecular weight is 221 g/mol. The maximum absolute atomic E-state index is 11.0. The molecular formula is C10H11N3O3. The van der Waals surface area contributed by atoms with Crippen LogP contribution in [0.2, 0.25) is 0 Å². The van der Waals surface area contributed by atoms with Gasteiger partial charge in [0.2, 0.25) is 0 Å². The first-order valence-electron chi connectivity index (χ1n) is 4.70. The van der Waals surface area contributed by atoms with E-state index in [9.17, 15) is 4.79 Å². The fourth-order valence-corrected chi connectivity index (χ4v) is 1.05. The molecule has 0 spiro atoms. The molecule has 0 unspecified atom stereocenters. The first-order chi connectivity index (χ1) is 7.77. The van der Waals surface area contributed by atoms with Gasteiger partial charge in [-0.2, -0.15) is 0 Å². The molecule has 1 aromatic rings. The van der Waals surface area contributed by atoms with Crippen LogP contribution in [-0.2, 0) is 9.53 Å². The molecule has 0 fully saturated rings. The van der Waals surface area contributed by atoms with Crippen molar-refractivity contribution >= 4 is 11.7 Å². The van der Waals surface area contributed by atoms with Crippen molar-refractivity contribution in [2.24, 2.45) is 5.11 Å². The molecule has 84 valence electrons. The fraction of sp³-hybridized carbons (Fsp3) is 0.300. The molecule has 0 N–H and O–H groups in total. The smallest absolute Gasteiger partial charge is 0.344 e. The Hall–Kier alpha value is -2.20. The summed E-state index contributed by atoms with van der Waals surface area (Å²) in [5, 5.41) is 3.43. The third-order valence-corrected chi connectivity index (χ3v) is 1.67. The quantitative estimate of drug-likeness (QED) is 0.331. The van der Waals surface area contributed by atoms with E-state index in [0.29, 0.717) is 18.0 Å². The zero-order chi connectivity index (χ0) is 11.8. The molecule has 0 heterocycles. The van der Waals surface area contributed by atoms with Gasteiger partial charge in [-0.05, 0) is 24.6 Å². The summed E-state index contributed by atoms with van der Waals surface area (Å²) < 4.78 is 9.86. The number of benzene rings is 1. The number of carbonyl (C=O) groups is 1. The summed E-state index contributed by atoms with van der Waals surface area (Å²) in [5.41, 5.74) is 8.66. The van der Waals surface area contributed by atoms with E-state index in [0.717, 1.165) is 0 Å². The predicted molar refractivity (Wildman–Crippen MR) is 57.4 cm³/mol. The molecule has 0 bridgehead atoms. The Morgan fingerprint density at radius 3 is 2.94 bits per heavy atom. The molecule has 1 rings (SSSR count). The number of ether oxygens (including phenoxy) is 2. The van der Waals surface area contributed by atoms with Gasteiger partial charge in [0.05, 0.1) is 12.3 Å². The molecule has 6 heteroatoms. The van der Waals surface area contributed by atoms with E-state index >= 15 is 0 Å². The summed E-state index contributed by atoms with van der Waals surface area (Å²) in [7, 11) is 0. The highest BCUT2D eigenvalue weighted by Crippen LogP contribution is 2.26. The summed E-state index contributed by atoms with van der Waals surface area (Å²) >= 11 is 0. The lowest BCUT2D eigenvalue weighted by Gasteiger charge is -2.07. The monoisotopic (exact) mass is 221 g/mol. The molecule has 16 heavy (non-hydrogen) atoms. The Bertz CT molecular complexity index is 414. The molecule has 0 aliphatic carbocycles. The van der Waals surface area contributed by atoms with Gasteiger partial charge >= 0.3 is 5.97 Å². The van der Waals surface area contributed by atoms with Crippen molar-refractivity contribution in [2.45, 2.75) is 6.92 Å². The first kappa shape index (κ1) is 11.9. The Morgan fingerprint density at radius 1 is 1.50 bits per heavy atom. The molecule has 0 aliphatic heterocycles. The Morgan fingerprint density at radius 2 is 2.25 bits per heavy atom. The minimum Gasteiger partial charge on any atom is -0.481 e. The minimum atomic E-state index is -0.460. The maximum atomic E-state index is 11.0. The van der Waals surface area contributed by atoms with Crippen molar-refractivity contribution in [1.82, 2.24) is 0 Å². The molecule has 0 atom stereocenters. The van der Waals surface area contributed by atoms with Crippen molar-refractivity contribution in [3.63, 3.8) is 0 Å². The van der Waals surface area contributed by atoms with Gasteiger partial charge in [0.25, 0.3) is 0 Å². The highest BCUT2D eigenvalue weighted by atomic mass is 16.6. The Labute approximate surface area is 92.4 Å². The normalized spacial score (nSPS) is 9.06. The molecule has 6 nitrogen and oxygen atoms in total. The van der Waals surface area contributed by atoms with E-state index in [-0.39, 0.29) is 6.61 Å². The molecule has 0 saturated heterocycles. The first-order valence-corrected chi connectivity index (χ1v) is 4.70. The summed E-state index contributed by atoms with van der Waals surface area (Å²) in [6.07, 6.45) is 0. The lowest BCUT2D eigenvalue weighted by molar-refractivity contribution is -0.145. The standard InChI is InChI=1S/C10H11N3O3/c1-2-15-10(14)7-16-9-6-4-3-5-8(9)12-13-11/h3-6H,2,7H2,1H3. The van der Waals surface area contributed by atoms with Crippen LogP contribution in [0.25, 0.3) is 10.4 Å². The number of para-hydroxylation sites is 1. The molecule has 0 aliphatic rings. The molecule has 0 aromatic heterocycles. The van der Waals surface area contributed by atoms with Crippen molar-refractivity contribution in [1.29, 1.82) is 0 Å². The van der Waals surface area contributed by atoms with E-state index in [1.807, 2.05) is 0 Å². The Balaban J connectivity index is 2.66. The number of hydrogen-bond acceptors (Lipinski definition) is 4.